The predicted octanol–water partition coefficient (Wildman–Crippen LogP) is 1.44. The Labute approximate surface area is 141 Å². The predicted molar refractivity (Wildman–Crippen MR) is 84.2 cm³/mol. The highest BCUT2D eigenvalue weighted by atomic mass is 79.9. The SMILES string of the molecule is C[C@]1(NC(=O)COC(=O)c2cc(Br)ccc2F)CCS(=O)(=O)C1. The number of benzene rings is 1. The molecule has 0 spiro atoms. The second-order valence-electron chi connectivity index (χ2n) is 5.65. The van der Waals surface area contributed by atoms with E-state index in [-0.39, 0.29) is 17.1 Å². The van der Waals surface area contributed by atoms with E-state index in [1.165, 1.54) is 12.1 Å². The fourth-order valence-electron chi connectivity index (χ4n) is 2.34. The third-order valence-corrected chi connectivity index (χ3v) is 5.82. The van der Waals surface area contributed by atoms with Crippen molar-refractivity contribution in [3.8, 4) is 0 Å². The molecule has 1 heterocycles. The highest BCUT2D eigenvalue weighted by Crippen LogP contribution is 2.22. The average molecular weight is 408 g/mol. The topological polar surface area (TPSA) is 89.5 Å². The summed E-state index contributed by atoms with van der Waals surface area (Å²) in [6.07, 6.45) is 0.301. The summed E-state index contributed by atoms with van der Waals surface area (Å²) in [5.41, 5.74) is -1.16. The van der Waals surface area contributed by atoms with Gasteiger partial charge >= 0.3 is 5.97 Å². The first-order chi connectivity index (χ1) is 10.6. The Hall–Kier alpha value is -1.48. The van der Waals surface area contributed by atoms with E-state index in [1.54, 1.807) is 6.92 Å². The van der Waals surface area contributed by atoms with Crippen molar-refractivity contribution < 1.29 is 27.1 Å². The zero-order valence-electron chi connectivity index (χ0n) is 12.3. The number of carbonyl (C=O) groups excluding carboxylic acids is 2. The molecule has 23 heavy (non-hydrogen) atoms. The number of esters is 1. The highest BCUT2D eigenvalue weighted by Gasteiger charge is 2.39. The van der Waals surface area contributed by atoms with Gasteiger partial charge in [-0.25, -0.2) is 17.6 Å². The van der Waals surface area contributed by atoms with E-state index >= 15 is 0 Å². The number of nitrogens with one attached hydrogen (secondary N) is 1. The van der Waals surface area contributed by atoms with Crippen LogP contribution in [0.3, 0.4) is 0 Å². The molecule has 1 aromatic rings. The maximum absolute atomic E-state index is 13.5. The molecular weight excluding hydrogens is 393 g/mol. The zero-order chi connectivity index (χ0) is 17.3. The summed E-state index contributed by atoms with van der Waals surface area (Å²) in [5, 5.41) is 2.55. The van der Waals surface area contributed by atoms with Gasteiger partial charge in [-0.1, -0.05) is 15.9 Å². The van der Waals surface area contributed by atoms with Crippen LogP contribution in [0.25, 0.3) is 0 Å². The summed E-state index contributed by atoms with van der Waals surface area (Å²) in [7, 11) is -3.16. The summed E-state index contributed by atoms with van der Waals surface area (Å²) in [5.74, 6) is -2.50. The van der Waals surface area contributed by atoms with Crippen LogP contribution in [0.4, 0.5) is 4.39 Å². The maximum Gasteiger partial charge on any atom is 0.341 e. The van der Waals surface area contributed by atoms with E-state index in [4.69, 9.17) is 4.74 Å². The van der Waals surface area contributed by atoms with Crippen LogP contribution in [0.15, 0.2) is 22.7 Å². The summed E-state index contributed by atoms with van der Waals surface area (Å²) in [6.45, 7) is 1.01. The Kier molecular flexibility index (Phi) is 5.10. The molecule has 6 nitrogen and oxygen atoms in total. The first-order valence-corrected chi connectivity index (χ1v) is 9.35. The van der Waals surface area contributed by atoms with Crippen LogP contribution < -0.4 is 5.32 Å². The van der Waals surface area contributed by atoms with Crippen LogP contribution in [0.2, 0.25) is 0 Å². The van der Waals surface area contributed by atoms with Crippen molar-refractivity contribution in [2.45, 2.75) is 18.9 Å². The molecular formula is C14H15BrFNO5S. The molecule has 0 radical (unpaired) electrons. The molecule has 1 atom stereocenters. The Morgan fingerprint density at radius 1 is 1.43 bits per heavy atom. The second kappa shape index (κ2) is 6.56. The summed E-state index contributed by atoms with van der Waals surface area (Å²) in [4.78, 5) is 23.6. The number of hydrogen-bond donors (Lipinski definition) is 1. The monoisotopic (exact) mass is 407 g/mol. The number of hydrogen-bond acceptors (Lipinski definition) is 5. The van der Waals surface area contributed by atoms with Crippen LogP contribution >= 0.6 is 15.9 Å². The van der Waals surface area contributed by atoms with Gasteiger partial charge in [-0.15, -0.1) is 0 Å². The van der Waals surface area contributed by atoms with Gasteiger partial charge in [-0.3, -0.25) is 4.79 Å². The van der Waals surface area contributed by atoms with Gasteiger partial charge in [-0.05, 0) is 31.5 Å². The third kappa shape index (κ3) is 4.74. The van der Waals surface area contributed by atoms with Crippen molar-refractivity contribution >= 4 is 37.6 Å². The van der Waals surface area contributed by atoms with Crippen LogP contribution in [0.1, 0.15) is 23.7 Å². The molecule has 1 amide bonds. The lowest BCUT2D eigenvalue weighted by Gasteiger charge is -2.23. The van der Waals surface area contributed by atoms with E-state index in [9.17, 15) is 22.4 Å². The average Bonchev–Trinajstić information content (AvgIpc) is 2.72. The normalized spacial score (nSPS) is 22.6. The molecule has 1 aliphatic rings. The van der Waals surface area contributed by atoms with Gasteiger partial charge in [0.15, 0.2) is 16.4 Å². The summed E-state index contributed by atoms with van der Waals surface area (Å²) in [6, 6.07) is 3.78. The number of carbonyl (C=O) groups is 2. The van der Waals surface area contributed by atoms with E-state index in [2.05, 4.69) is 21.2 Å². The van der Waals surface area contributed by atoms with Crippen LogP contribution in [0, 0.1) is 5.82 Å². The zero-order valence-corrected chi connectivity index (χ0v) is 14.7. The van der Waals surface area contributed by atoms with Gasteiger partial charge in [0.05, 0.1) is 22.6 Å². The summed E-state index contributed by atoms with van der Waals surface area (Å²) >= 11 is 3.11. The molecule has 0 bridgehead atoms. The fourth-order valence-corrected chi connectivity index (χ4v) is 4.80. The van der Waals surface area contributed by atoms with Crippen LogP contribution in [0.5, 0.6) is 0 Å². The lowest BCUT2D eigenvalue weighted by molar-refractivity contribution is -0.125. The third-order valence-electron chi connectivity index (χ3n) is 3.43. The summed E-state index contributed by atoms with van der Waals surface area (Å²) < 4.78 is 41.7. The maximum atomic E-state index is 13.5. The van der Waals surface area contributed by atoms with Crippen molar-refractivity contribution in [1.82, 2.24) is 5.32 Å². The molecule has 0 aromatic heterocycles. The Bertz CT molecular complexity index is 752. The van der Waals surface area contributed by atoms with E-state index in [0.29, 0.717) is 10.9 Å². The molecule has 126 valence electrons. The molecule has 0 unspecified atom stereocenters. The van der Waals surface area contributed by atoms with Gasteiger partial charge in [-0.2, -0.15) is 0 Å². The molecule has 1 aliphatic heterocycles. The Morgan fingerprint density at radius 3 is 2.74 bits per heavy atom. The molecule has 2 rings (SSSR count). The van der Waals surface area contributed by atoms with Crippen molar-refractivity contribution in [1.29, 1.82) is 0 Å². The largest absolute Gasteiger partial charge is 0.452 e. The van der Waals surface area contributed by atoms with Gasteiger partial charge in [0.25, 0.3) is 5.91 Å². The number of amides is 1. The van der Waals surface area contributed by atoms with Gasteiger partial charge in [0.1, 0.15) is 5.82 Å². The van der Waals surface area contributed by atoms with Crippen LogP contribution in [-0.4, -0.2) is 43.9 Å². The Morgan fingerprint density at radius 2 is 2.13 bits per heavy atom. The van der Waals surface area contributed by atoms with E-state index in [1.807, 2.05) is 0 Å². The van der Waals surface area contributed by atoms with Gasteiger partial charge in [0, 0.05) is 4.47 Å². The van der Waals surface area contributed by atoms with E-state index in [0.717, 1.165) is 6.07 Å². The molecule has 1 fully saturated rings. The standard InChI is InChI=1S/C14H15BrFNO5S/c1-14(4-5-23(20,21)8-14)17-12(18)7-22-13(19)10-6-9(15)2-3-11(10)16/h2-3,6H,4-5,7-8H2,1H3,(H,17,18)/t14-/m0/s1. The van der Waals surface area contributed by atoms with Crippen LogP contribution in [-0.2, 0) is 19.4 Å². The lowest BCUT2D eigenvalue weighted by atomic mass is 10.0. The lowest BCUT2D eigenvalue weighted by Crippen LogP contribution is -2.48. The molecule has 1 saturated heterocycles. The molecule has 9 heteroatoms. The second-order valence-corrected chi connectivity index (χ2v) is 8.75. The molecule has 1 aromatic carbocycles. The minimum Gasteiger partial charge on any atom is -0.452 e. The highest BCUT2D eigenvalue weighted by molar-refractivity contribution is 9.10. The molecule has 1 N–H and O–H groups in total. The Balaban J connectivity index is 1.92. The van der Waals surface area contributed by atoms with Crippen molar-refractivity contribution in [2.24, 2.45) is 0 Å². The van der Waals surface area contributed by atoms with Crippen molar-refractivity contribution in [3.63, 3.8) is 0 Å². The minimum absolute atomic E-state index is 0.00677. The van der Waals surface area contributed by atoms with Gasteiger partial charge < -0.3 is 10.1 Å². The quantitative estimate of drug-likeness (QED) is 0.762. The number of halogens is 2. The number of ether oxygens (including phenoxy) is 1. The first-order valence-electron chi connectivity index (χ1n) is 6.74. The number of sulfone groups is 1. The van der Waals surface area contributed by atoms with E-state index < -0.39 is 39.7 Å². The fraction of sp³-hybridized carbons (Fsp3) is 0.429. The molecule has 0 saturated carbocycles. The number of rotatable bonds is 4. The van der Waals surface area contributed by atoms with Crippen molar-refractivity contribution in [3.05, 3.63) is 34.1 Å². The van der Waals surface area contributed by atoms with Gasteiger partial charge in [0.2, 0.25) is 0 Å². The smallest absolute Gasteiger partial charge is 0.341 e. The van der Waals surface area contributed by atoms with Crippen molar-refractivity contribution in [2.75, 3.05) is 18.1 Å². The minimum atomic E-state index is -3.16. The first kappa shape index (κ1) is 17.9. The molecule has 0 aliphatic carbocycles.